The second-order valence-electron chi connectivity index (χ2n) is 3.22. The smallest absolute Gasteiger partial charge is 0.409 e. The lowest BCUT2D eigenvalue weighted by Crippen LogP contribution is -2.26. The number of hydrogen-bond acceptors (Lipinski definition) is 4. The summed E-state index contributed by atoms with van der Waals surface area (Å²) < 4.78 is 0. The molecular weight excluding hydrogens is 244 g/mol. The molecule has 17 heavy (non-hydrogen) atoms. The number of carboxylic acid groups (broad SMARTS) is 1. The number of thiophene rings is 1. The number of nitrogens with one attached hydrogen (secondary N) is 2. The lowest BCUT2D eigenvalue weighted by Gasteiger charge is -2.03. The molecule has 0 saturated carbocycles. The van der Waals surface area contributed by atoms with Gasteiger partial charge in [-0.05, 0) is 12.5 Å². The molecule has 1 aromatic heterocycles. The number of aryl methyl sites for hydroxylation is 1. The second-order valence-corrected chi connectivity index (χ2v) is 4.36. The van der Waals surface area contributed by atoms with Crippen molar-refractivity contribution in [3.05, 3.63) is 16.5 Å². The Balaban J connectivity index is 2.90. The molecule has 0 aliphatic heterocycles. The van der Waals surface area contributed by atoms with E-state index in [2.05, 4.69) is 10.6 Å². The molecule has 1 aromatic rings. The Bertz CT molecular complexity index is 416. The van der Waals surface area contributed by atoms with Crippen LogP contribution in [0.1, 0.15) is 22.2 Å². The number of anilines is 1. The minimum atomic E-state index is -1.20. The molecule has 2 amide bonds. The first-order valence-corrected chi connectivity index (χ1v) is 5.91. The Labute approximate surface area is 102 Å². The Morgan fingerprint density at radius 3 is 2.71 bits per heavy atom. The zero-order valence-electron chi connectivity index (χ0n) is 9.32. The van der Waals surface area contributed by atoms with Crippen LogP contribution in [0.5, 0.6) is 0 Å². The predicted molar refractivity (Wildman–Crippen MR) is 64.8 cm³/mol. The third-order valence-electron chi connectivity index (χ3n) is 1.99. The van der Waals surface area contributed by atoms with Crippen LogP contribution in [0.25, 0.3) is 0 Å². The van der Waals surface area contributed by atoms with Crippen molar-refractivity contribution in [3.63, 3.8) is 0 Å². The van der Waals surface area contributed by atoms with E-state index in [0.717, 1.165) is 11.3 Å². The highest BCUT2D eigenvalue weighted by Gasteiger charge is 2.16. The van der Waals surface area contributed by atoms with Crippen molar-refractivity contribution in [2.24, 2.45) is 0 Å². The normalized spacial score (nSPS) is 10.0. The lowest BCUT2D eigenvalue weighted by atomic mass is 10.2. The average molecular weight is 258 g/mol. The molecule has 0 bridgehead atoms. The monoisotopic (exact) mass is 258 g/mol. The number of amides is 2. The fraction of sp³-hybridized carbons (Fsp3) is 0.400. The van der Waals surface area contributed by atoms with Gasteiger partial charge in [0.15, 0.2) is 0 Å². The van der Waals surface area contributed by atoms with E-state index < -0.39 is 12.0 Å². The van der Waals surface area contributed by atoms with Gasteiger partial charge in [0.05, 0.1) is 12.2 Å². The molecule has 0 spiro atoms. The van der Waals surface area contributed by atoms with Gasteiger partial charge in [-0.3, -0.25) is 10.1 Å². The van der Waals surface area contributed by atoms with E-state index in [1.165, 1.54) is 11.3 Å². The molecule has 94 valence electrons. The molecule has 0 aliphatic rings. The van der Waals surface area contributed by atoms with Crippen LogP contribution in [-0.2, 0) is 6.42 Å². The Hall–Kier alpha value is -1.60. The SMILES string of the molecule is CCc1cc(C(=O)NCCO)c(NC(=O)O)s1. The fourth-order valence-electron chi connectivity index (χ4n) is 1.24. The number of rotatable bonds is 5. The highest BCUT2D eigenvalue weighted by Crippen LogP contribution is 2.28. The third kappa shape index (κ3) is 3.72. The molecule has 6 nitrogen and oxygen atoms in total. The first kappa shape index (κ1) is 13.5. The van der Waals surface area contributed by atoms with E-state index in [1.807, 2.05) is 6.92 Å². The zero-order valence-corrected chi connectivity index (χ0v) is 10.1. The first-order chi connectivity index (χ1) is 8.08. The van der Waals surface area contributed by atoms with Gasteiger partial charge in [0, 0.05) is 11.4 Å². The van der Waals surface area contributed by atoms with Crippen molar-refractivity contribution in [1.29, 1.82) is 0 Å². The van der Waals surface area contributed by atoms with Crippen LogP contribution in [0.4, 0.5) is 9.80 Å². The Morgan fingerprint density at radius 2 is 2.18 bits per heavy atom. The summed E-state index contributed by atoms with van der Waals surface area (Å²) in [6.07, 6.45) is -0.475. The third-order valence-corrected chi connectivity index (χ3v) is 3.19. The van der Waals surface area contributed by atoms with Crippen LogP contribution < -0.4 is 10.6 Å². The summed E-state index contributed by atoms with van der Waals surface area (Å²) in [5.41, 5.74) is 0.294. The fourth-order valence-corrected chi connectivity index (χ4v) is 2.22. The van der Waals surface area contributed by atoms with Crippen molar-refractivity contribution in [3.8, 4) is 0 Å². The zero-order chi connectivity index (χ0) is 12.8. The molecule has 0 saturated heterocycles. The van der Waals surface area contributed by atoms with Gasteiger partial charge < -0.3 is 15.5 Å². The summed E-state index contributed by atoms with van der Waals surface area (Å²) in [5.74, 6) is -0.390. The largest absolute Gasteiger partial charge is 0.465 e. The van der Waals surface area contributed by atoms with Crippen LogP contribution in [0.2, 0.25) is 0 Å². The average Bonchev–Trinajstić information content (AvgIpc) is 2.68. The summed E-state index contributed by atoms with van der Waals surface area (Å²) in [6, 6.07) is 1.66. The molecule has 0 atom stereocenters. The van der Waals surface area contributed by atoms with Gasteiger partial charge in [-0.15, -0.1) is 11.3 Å². The highest BCUT2D eigenvalue weighted by atomic mass is 32.1. The number of carbonyl (C=O) groups is 2. The van der Waals surface area contributed by atoms with E-state index in [4.69, 9.17) is 10.2 Å². The van der Waals surface area contributed by atoms with Crippen molar-refractivity contribution < 1.29 is 19.8 Å². The molecule has 0 fully saturated rings. The van der Waals surface area contributed by atoms with E-state index in [1.54, 1.807) is 6.07 Å². The summed E-state index contributed by atoms with van der Waals surface area (Å²) >= 11 is 1.23. The number of aliphatic hydroxyl groups excluding tert-OH is 1. The second kappa shape index (κ2) is 6.21. The van der Waals surface area contributed by atoms with Gasteiger partial charge in [0.25, 0.3) is 5.91 Å². The maximum absolute atomic E-state index is 11.7. The summed E-state index contributed by atoms with van der Waals surface area (Å²) in [6.45, 7) is 1.91. The Kier molecular flexibility index (Phi) is 4.92. The van der Waals surface area contributed by atoms with Crippen LogP contribution in [0.3, 0.4) is 0 Å². The molecule has 0 unspecified atom stereocenters. The lowest BCUT2D eigenvalue weighted by molar-refractivity contribution is 0.0946. The Morgan fingerprint density at radius 1 is 1.47 bits per heavy atom. The minimum Gasteiger partial charge on any atom is -0.465 e. The summed E-state index contributed by atoms with van der Waals surface area (Å²) in [7, 11) is 0. The van der Waals surface area contributed by atoms with E-state index in [-0.39, 0.29) is 13.2 Å². The molecule has 0 radical (unpaired) electrons. The molecule has 1 rings (SSSR count). The predicted octanol–water partition coefficient (Wildman–Crippen LogP) is 1.12. The molecule has 7 heteroatoms. The topological polar surface area (TPSA) is 98.7 Å². The van der Waals surface area contributed by atoms with Crippen LogP contribution >= 0.6 is 11.3 Å². The van der Waals surface area contributed by atoms with Gasteiger partial charge in [-0.2, -0.15) is 0 Å². The van der Waals surface area contributed by atoms with E-state index in [0.29, 0.717) is 10.6 Å². The van der Waals surface area contributed by atoms with E-state index in [9.17, 15) is 9.59 Å². The summed E-state index contributed by atoms with van der Waals surface area (Å²) in [4.78, 5) is 23.2. The first-order valence-electron chi connectivity index (χ1n) is 5.10. The van der Waals surface area contributed by atoms with Gasteiger partial charge in [0.1, 0.15) is 5.00 Å². The number of hydrogen-bond donors (Lipinski definition) is 4. The quantitative estimate of drug-likeness (QED) is 0.636. The van der Waals surface area contributed by atoms with Gasteiger partial charge in [0.2, 0.25) is 0 Å². The standard InChI is InChI=1S/C10H14N2O4S/c1-2-6-5-7(8(14)11-3-4-13)9(17-6)12-10(15)16/h5,12-13H,2-4H2,1H3,(H,11,14)(H,15,16). The van der Waals surface area contributed by atoms with Gasteiger partial charge in [-0.1, -0.05) is 6.92 Å². The molecule has 1 heterocycles. The van der Waals surface area contributed by atoms with Crippen LogP contribution in [0, 0.1) is 0 Å². The van der Waals surface area contributed by atoms with Gasteiger partial charge in [-0.25, -0.2) is 4.79 Å². The van der Waals surface area contributed by atoms with Crippen molar-refractivity contribution in [1.82, 2.24) is 5.32 Å². The number of carbonyl (C=O) groups excluding carboxylic acids is 1. The highest BCUT2D eigenvalue weighted by molar-refractivity contribution is 7.16. The van der Waals surface area contributed by atoms with Crippen molar-refractivity contribution >= 4 is 28.3 Å². The molecule has 0 aliphatic carbocycles. The maximum Gasteiger partial charge on any atom is 0.409 e. The van der Waals surface area contributed by atoms with Crippen LogP contribution in [0.15, 0.2) is 6.07 Å². The van der Waals surface area contributed by atoms with Crippen molar-refractivity contribution in [2.75, 3.05) is 18.5 Å². The minimum absolute atomic E-state index is 0.142. The molecular formula is C10H14N2O4S. The summed E-state index contributed by atoms with van der Waals surface area (Å²) in [5, 5.41) is 22.3. The van der Waals surface area contributed by atoms with Crippen LogP contribution in [-0.4, -0.2) is 35.4 Å². The maximum atomic E-state index is 11.7. The van der Waals surface area contributed by atoms with Gasteiger partial charge >= 0.3 is 6.09 Å². The van der Waals surface area contributed by atoms with E-state index >= 15 is 0 Å². The number of aliphatic hydroxyl groups is 1. The molecule has 4 N–H and O–H groups in total. The molecule has 0 aromatic carbocycles. The van der Waals surface area contributed by atoms with Crippen molar-refractivity contribution in [2.45, 2.75) is 13.3 Å².